The van der Waals surface area contributed by atoms with Crippen LogP contribution in [0.3, 0.4) is 0 Å². The molecular weight excluding hydrogens is 286 g/mol. The number of hydrogen-bond donors (Lipinski definition) is 2. The van der Waals surface area contributed by atoms with Gasteiger partial charge in [-0.3, -0.25) is 4.90 Å². The second kappa shape index (κ2) is 6.64. The van der Waals surface area contributed by atoms with Gasteiger partial charge in [-0.1, -0.05) is 24.3 Å². The molecule has 0 spiro atoms. The van der Waals surface area contributed by atoms with Crippen LogP contribution in [0, 0.1) is 5.92 Å². The van der Waals surface area contributed by atoms with Crippen molar-refractivity contribution in [2.24, 2.45) is 5.92 Å². The number of anilines is 1. The third-order valence-electron chi connectivity index (χ3n) is 4.61. The summed E-state index contributed by atoms with van der Waals surface area (Å²) in [5.74, 6) is 1.31. The molecule has 2 aliphatic heterocycles. The first-order valence-corrected chi connectivity index (χ1v) is 8.42. The number of rotatable bonds is 0. The van der Waals surface area contributed by atoms with E-state index in [0.717, 1.165) is 57.3 Å². The van der Waals surface area contributed by atoms with Gasteiger partial charge in [0.25, 0.3) is 0 Å². The molecule has 0 radical (unpaired) electrons. The maximum absolute atomic E-state index is 4.69. The van der Waals surface area contributed by atoms with Crippen LogP contribution in [-0.2, 0) is 19.5 Å². The van der Waals surface area contributed by atoms with E-state index >= 15 is 0 Å². The molecule has 2 aromatic rings. The number of benzene rings is 1. The summed E-state index contributed by atoms with van der Waals surface area (Å²) in [6.45, 7) is 6.13. The van der Waals surface area contributed by atoms with Crippen LogP contribution < -0.4 is 10.6 Å². The van der Waals surface area contributed by atoms with Crippen LogP contribution in [0.2, 0.25) is 0 Å². The molecule has 1 aromatic heterocycles. The fourth-order valence-corrected chi connectivity index (χ4v) is 3.51. The molecule has 120 valence electrons. The molecule has 4 rings (SSSR count). The highest BCUT2D eigenvalue weighted by Gasteiger charge is 2.19. The van der Waals surface area contributed by atoms with Gasteiger partial charge in [0.15, 0.2) is 0 Å². The average molecular weight is 309 g/mol. The number of hydrogen-bond acceptors (Lipinski definition) is 5. The van der Waals surface area contributed by atoms with Gasteiger partial charge in [-0.05, 0) is 36.1 Å². The van der Waals surface area contributed by atoms with Crippen LogP contribution in [-0.4, -0.2) is 41.0 Å². The lowest BCUT2D eigenvalue weighted by molar-refractivity contribution is 0.248. The highest BCUT2D eigenvalue weighted by molar-refractivity contribution is 5.30. The molecule has 2 N–H and O–H groups in total. The molecule has 6 bridgehead atoms. The summed E-state index contributed by atoms with van der Waals surface area (Å²) in [7, 11) is 0. The predicted molar refractivity (Wildman–Crippen MR) is 91.1 cm³/mol. The van der Waals surface area contributed by atoms with E-state index in [2.05, 4.69) is 49.8 Å². The van der Waals surface area contributed by atoms with Crippen LogP contribution in [0.15, 0.2) is 36.5 Å². The Morgan fingerprint density at radius 3 is 3.13 bits per heavy atom. The first kappa shape index (κ1) is 14.6. The third-order valence-corrected chi connectivity index (χ3v) is 4.61. The predicted octanol–water partition coefficient (Wildman–Crippen LogP) is 1.67. The number of fused-ring (bicyclic) bond motifs is 6. The Labute approximate surface area is 137 Å². The van der Waals surface area contributed by atoms with Gasteiger partial charge < -0.3 is 10.6 Å². The van der Waals surface area contributed by atoms with Gasteiger partial charge in [-0.15, -0.1) is 0 Å². The van der Waals surface area contributed by atoms with E-state index < -0.39 is 0 Å². The Bertz CT molecular complexity index is 614. The lowest BCUT2D eigenvalue weighted by Gasteiger charge is -2.23. The maximum atomic E-state index is 4.69. The molecule has 1 aromatic carbocycles. The Hall–Kier alpha value is -1.98. The molecule has 1 saturated heterocycles. The molecule has 0 amide bonds. The number of nitrogens with zero attached hydrogens (tertiary/aromatic N) is 3. The van der Waals surface area contributed by atoms with Crippen LogP contribution in [0.25, 0.3) is 0 Å². The second-order valence-electron chi connectivity index (χ2n) is 6.55. The van der Waals surface area contributed by atoms with E-state index in [1.807, 2.05) is 12.3 Å². The largest absolute Gasteiger partial charge is 0.350 e. The lowest BCUT2D eigenvalue weighted by Crippen LogP contribution is -2.30. The van der Waals surface area contributed by atoms with Crippen molar-refractivity contribution < 1.29 is 0 Å². The minimum Gasteiger partial charge on any atom is -0.350 e. The minimum absolute atomic E-state index is 0.587. The van der Waals surface area contributed by atoms with Crippen molar-refractivity contribution in [2.45, 2.75) is 19.5 Å². The SMILES string of the molecule is c1cc2cc(c1)CN1CCNCC(Cc3ccnc(n3)NC2)C1. The molecule has 5 heteroatoms. The van der Waals surface area contributed by atoms with Gasteiger partial charge in [0.2, 0.25) is 5.95 Å². The summed E-state index contributed by atoms with van der Waals surface area (Å²) in [6, 6.07) is 10.9. The molecule has 0 aliphatic carbocycles. The van der Waals surface area contributed by atoms with E-state index in [1.165, 1.54) is 11.1 Å². The Morgan fingerprint density at radius 1 is 1.17 bits per heavy atom. The van der Waals surface area contributed by atoms with Crippen molar-refractivity contribution in [2.75, 3.05) is 31.5 Å². The maximum Gasteiger partial charge on any atom is 0.223 e. The molecular formula is C18H23N5. The molecule has 5 nitrogen and oxygen atoms in total. The van der Waals surface area contributed by atoms with Gasteiger partial charge in [0, 0.05) is 44.6 Å². The normalized spacial score (nSPS) is 24.3. The van der Waals surface area contributed by atoms with Crippen molar-refractivity contribution in [3.8, 4) is 0 Å². The second-order valence-corrected chi connectivity index (χ2v) is 6.55. The smallest absolute Gasteiger partial charge is 0.223 e. The summed E-state index contributed by atoms with van der Waals surface area (Å²) in [6.07, 6.45) is 2.86. The molecule has 2 unspecified atom stereocenters. The molecule has 3 heterocycles. The van der Waals surface area contributed by atoms with Crippen LogP contribution in [0.5, 0.6) is 0 Å². The summed E-state index contributed by atoms with van der Waals surface area (Å²) < 4.78 is 0. The summed E-state index contributed by atoms with van der Waals surface area (Å²) >= 11 is 0. The van der Waals surface area contributed by atoms with Crippen molar-refractivity contribution in [1.29, 1.82) is 0 Å². The molecule has 0 saturated carbocycles. The summed E-state index contributed by atoms with van der Waals surface area (Å²) in [4.78, 5) is 11.6. The van der Waals surface area contributed by atoms with Crippen LogP contribution >= 0.6 is 0 Å². The van der Waals surface area contributed by atoms with Crippen molar-refractivity contribution in [1.82, 2.24) is 20.2 Å². The zero-order valence-corrected chi connectivity index (χ0v) is 13.3. The lowest BCUT2D eigenvalue weighted by atomic mass is 10.0. The highest BCUT2D eigenvalue weighted by Crippen LogP contribution is 2.16. The van der Waals surface area contributed by atoms with Gasteiger partial charge in [0.1, 0.15) is 0 Å². The fourth-order valence-electron chi connectivity index (χ4n) is 3.51. The molecule has 1 fully saturated rings. The van der Waals surface area contributed by atoms with Crippen molar-refractivity contribution >= 4 is 5.95 Å². The Kier molecular flexibility index (Phi) is 4.22. The summed E-state index contributed by atoms with van der Waals surface area (Å²) in [5, 5.41) is 6.92. The average Bonchev–Trinajstić information content (AvgIpc) is 2.78. The van der Waals surface area contributed by atoms with E-state index in [4.69, 9.17) is 0 Å². The Morgan fingerprint density at radius 2 is 2.13 bits per heavy atom. The third kappa shape index (κ3) is 3.68. The van der Waals surface area contributed by atoms with E-state index in [-0.39, 0.29) is 0 Å². The fraction of sp³-hybridized carbons (Fsp3) is 0.444. The summed E-state index contributed by atoms with van der Waals surface area (Å²) in [5.41, 5.74) is 3.79. The molecule has 2 aliphatic rings. The van der Waals surface area contributed by atoms with E-state index in [1.54, 1.807) is 0 Å². The van der Waals surface area contributed by atoms with Crippen LogP contribution in [0.1, 0.15) is 16.8 Å². The van der Waals surface area contributed by atoms with Gasteiger partial charge >= 0.3 is 0 Å². The van der Waals surface area contributed by atoms with Crippen molar-refractivity contribution in [3.63, 3.8) is 0 Å². The first-order chi connectivity index (χ1) is 11.3. The highest BCUT2D eigenvalue weighted by atomic mass is 15.2. The molecule has 2 atom stereocenters. The van der Waals surface area contributed by atoms with E-state index in [0.29, 0.717) is 5.92 Å². The van der Waals surface area contributed by atoms with Gasteiger partial charge in [-0.25, -0.2) is 9.97 Å². The zero-order chi connectivity index (χ0) is 15.5. The Balaban J connectivity index is 1.67. The van der Waals surface area contributed by atoms with Crippen molar-refractivity contribution in [3.05, 3.63) is 53.3 Å². The number of aromatic nitrogens is 2. The minimum atomic E-state index is 0.587. The monoisotopic (exact) mass is 309 g/mol. The van der Waals surface area contributed by atoms with Crippen LogP contribution in [0.4, 0.5) is 5.95 Å². The standard InChI is InChI=1S/C18H23N5/c1-2-14-8-15(3-1)12-23-7-6-19-10-16(13-23)9-17-4-5-20-18(22-17)21-11-14/h1-5,8,16,19H,6-7,9-13H2,(H,20,21,22). The topological polar surface area (TPSA) is 53.1 Å². The zero-order valence-electron chi connectivity index (χ0n) is 13.3. The van der Waals surface area contributed by atoms with Gasteiger partial charge in [-0.2, -0.15) is 0 Å². The quantitative estimate of drug-likeness (QED) is 0.775. The molecule has 23 heavy (non-hydrogen) atoms. The first-order valence-electron chi connectivity index (χ1n) is 8.42. The van der Waals surface area contributed by atoms with Gasteiger partial charge in [0.05, 0.1) is 0 Å². The van der Waals surface area contributed by atoms with E-state index in [9.17, 15) is 0 Å². The number of nitrogens with one attached hydrogen (secondary N) is 2.